The van der Waals surface area contributed by atoms with Crippen LogP contribution < -0.4 is 10.6 Å². The highest BCUT2D eigenvalue weighted by atomic mass is 79.9. The Morgan fingerprint density at radius 1 is 1.28 bits per heavy atom. The Hall–Kier alpha value is -1.89. The van der Waals surface area contributed by atoms with Gasteiger partial charge in [0.2, 0.25) is 0 Å². The molecule has 0 radical (unpaired) electrons. The Morgan fingerprint density at radius 2 is 2.08 bits per heavy atom. The van der Waals surface area contributed by atoms with Crippen molar-refractivity contribution in [1.82, 2.24) is 15.8 Å². The van der Waals surface area contributed by atoms with Gasteiger partial charge in [0.15, 0.2) is 5.96 Å². The number of benzene rings is 1. The van der Waals surface area contributed by atoms with E-state index in [1.54, 1.807) is 19.2 Å². The lowest BCUT2D eigenvalue weighted by Crippen LogP contribution is -2.38. The number of halogens is 2. The summed E-state index contributed by atoms with van der Waals surface area (Å²) in [5.74, 6) is 1.37. The van der Waals surface area contributed by atoms with Crippen molar-refractivity contribution in [3.05, 3.63) is 51.1 Å². The summed E-state index contributed by atoms with van der Waals surface area (Å²) in [5, 5.41) is 10.6. The molecule has 0 saturated heterocycles. The van der Waals surface area contributed by atoms with Crippen LogP contribution in [0.3, 0.4) is 0 Å². The molecule has 0 atom stereocenters. The first kappa shape index (κ1) is 19.4. The molecule has 1 aromatic carbocycles. The predicted molar refractivity (Wildman–Crippen MR) is 101 cm³/mol. The Labute approximate surface area is 156 Å². The fourth-order valence-corrected chi connectivity index (χ4v) is 2.99. The number of aryl methyl sites for hydroxylation is 2. The molecule has 25 heavy (non-hydrogen) atoms. The zero-order valence-electron chi connectivity index (χ0n) is 14.8. The van der Waals surface area contributed by atoms with Crippen molar-refractivity contribution in [2.45, 2.75) is 39.7 Å². The summed E-state index contributed by atoms with van der Waals surface area (Å²) in [5.41, 5.74) is 2.72. The second-order valence-corrected chi connectivity index (χ2v) is 6.49. The lowest BCUT2D eigenvalue weighted by molar-refractivity contribution is 0.380. The van der Waals surface area contributed by atoms with Gasteiger partial charge in [0.1, 0.15) is 11.6 Å². The molecular weight excluding hydrogens is 387 g/mol. The van der Waals surface area contributed by atoms with Crippen LogP contribution in [0.15, 0.2) is 32.2 Å². The van der Waals surface area contributed by atoms with Crippen LogP contribution in [0.1, 0.15) is 36.4 Å². The summed E-state index contributed by atoms with van der Waals surface area (Å²) in [7, 11) is 1.71. The third-order valence-electron chi connectivity index (χ3n) is 3.96. The van der Waals surface area contributed by atoms with Crippen molar-refractivity contribution < 1.29 is 8.91 Å². The van der Waals surface area contributed by atoms with Gasteiger partial charge in [-0.3, -0.25) is 4.99 Å². The highest BCUT2D eigenvalue weighted by Gasteiger charge is 2.13. The van der Waals surface area contributed by atoms with E-state index in [1.807, 2.05) is 6.92 Å². The van der Waals surface area contributed by atoms with Crippen molar-refractivity contribution in [1.29, 1.82) is 0 Å². The zero-order valence-corrected chi connectivity index (χ0v) is 16.4. The molecule has 0 aliphatic carbocycles. The van der Waals surface area contributed by atoms with E-state index in [1.165, 1.54) is 6.07 Å². The predicted octanol–water partition coefficient (Wildman–Crippen LogP) is 3.61. The SMILES string of the molecule is CCc1noc(CC)c1CNC(=NC)NCCc1cc(Br)ccc1F. The van der Waals surface area contributed by atoms with Crippen LogP contribution in [0.5, 0.6) is 0 Å². The third kappa shape index (κ3) is 5.29. The van der Waals surface area contributed by atoms with Gasteiger partial charge in [-0.2, -0.15) is 0 Å². The fraction of sp³-hybridized carbons (Fsp3) is 0.444. The van der Waals surface area contributed by atoms with E-state index in [4.69, 9.17) is 4.52 Å². The molecule has 1 aromatic heterocycles. The highest BCUT2D eigenvalue weighted by Crippen LogP contribution is 2.16. The van der Waals surface area contributed by atoms with E-state index in [0.29, 0.717) is 31.0 Å². The minimum atomic E-state index is -0.197. The summed E-state index contributed by atoms with van der Waals surface area (Å²) in [6.07, 6.45) is 2.20. The van der Waals surface area contributed by atoms with E-state index >= 15 is 0 Å². The fourth-order valence-electron chi connectivity index (χ4n) is 2.58. The lowest BCUT2D eigenvalue weighted by atomic mass is 10.1. The molecule has 0 aliphatic rings. The van der Waals surface area contributed by atoms with Crippen molar-refractivity contribution in [3.63, 3.8) is 0 Å². The lowest BCUT2D eigenvalue weighted by Gasteiger charge is -2.12. The molecule has 2 rings (SSSR count). The molecule has 0 aliphatic heterocycles. The van der Waals surface area contributed by atoms with Crippen molar-refractivity contribution >= 4 is 21.9 Å². The average molecular weight is 411 g/mol. The van der Waals surface area contributed by atoms with Crippen LogP contribution in [0, 0.1) is 5.82 Å². The normalized spacial score (nSPS) is 11.6. The Bertz CT molecular complexity index is 708. The van der Waals surface area contributed by atoms with E-state index in [9.17, 15) is 4.39 Å². The quantitative estimate of drug-likeness (QED) is 0.540. The van der Waals surface area contributed by atoms with Gasteiger partial charge in [-0.1, -0.05) is 34.9 Å². The first-order valence-electron chi connectivity index (χ1n) is 8.43. The smallest absolute Gasteiger partial charge is 0.191 e. The monoisotopic (exact) mass is 410 g/mol. The van der Waals surface area contributed by atoms with E-state index < -0.39 is 0 Å². The number of aliphatic imine (C=N–C) groups is 1. The van der Waals surface area contributed by atoms with Gasteiger partial charge >= 0.3 is 0 Å². The Morgan fingerprint density at radius 3 is 2.76 bits per heavy atom. The number of hydrogen-bond acceptors (Lipinski definition) is 3. The number of nitrogens with one attached hydrogen (secondary N) is 2. The summed E-state index contributed by atoms with van der Waals surface area (Å²) in [4.78, 5) is 4.21. The maximum atomic E-state index is 13.8. The minimum absolute atomic E-state index is 0.197. The maximum Gasteiger partial charge on any atom is 0.191 e. The number of guanidine groups is 1. The van der Waals surface area contributed by atoms with Crippen LogP contribution in [-0.4, -0.2) is 24.7 Å². The van der Waals surface area contributed by atoms with E-state index in [2.05, 4.69) is 43.6 Å². The third-order valence-corrected chi connectivity index (χ3v) is 4.45. The molecule has 0 spiro atoms. The molecule has 2 N–H and O–H groups in total. The van der Waals surface area contributed by atoms with E-state index in [-0.39, 0.29) is 5.82 Å². The van der Waals surface area contributed by atoms with Gasteiger partial charge in [-0.15, -0.1) is 0 Å². The first-order chi connectivity index (χ1) is 12.1. The van der Waals surface area contributed by atoms with Gasteiger partial charge in [0.25, 0.3) is 0 Å². The largest absolute Gasteiger partial charge is 0.361 e. The Kier molecular flexibility index (Phi) is 7.43. The highest BCUT2D eigenvalue weighted by molar-refractivity contribution is 9.10. The van der Waals surface area contributed by atoms with Gasteiger partial charge in [-0.25, -0.2) is 4.39 Å². The van der Waals surface area contributed by atoms with E-state index in [0.717, 1.165) is 34.3 Å². The molecule has 0 fully saturated rings. The van der Waals surface area contributed by atoms with Gasteiger partial charge < -0.3 is 15.2 Å². The van der Waals surface area contributed by atoms with Crippen LogP contribution in [0.2, 0.25) is 0 Å². The maximum absolute atomic E-state index is 13.8. The van der Waals surface area contributed by atoms with Crippen LogP contribution in [-0.2, 0) is 25.8 Å². The number of rotatable bonds is 7. The molecule has 1 heterocycles. The second-order valence-electron chi connectivity index (χ2n) is 5.58. The van der Waals surface area contributed by atoms with Crippen LogP contribution >= 0.6 is 15.9 Å². The van der Waals surface area contributed by atoms with Gasteiger partial charge in [0, 0.05) is 36.6 Å². The molecule has 5 nitrogen and oxygen atoms in total. The summed E-state index contributed by atoms with van der Waals surface area (Å²) in [6, 6.07) is 4.96. The number of hydrogen-bond donors (Lipinski definition) is 2. The second kappa shape index (κ2) is 9.56. The molecule has 7 heteroatoms. The average Bonchev–Trinajstić information content (AvgIpc) is 3.02. The molecule has 2 aromatic rings. The topological polar surface area (TPSA) is 62.5 Å². The first-order valence-corrected chi connectivity index (χ1v) is 9.23. The van der Waals surface area contributed by atoms with Gasteiger partial charge in [-0.05, 0) is 36.6 Å². The van der Waals surface area contributed by atoms with Gasteiger partial charge in [0.05, 0.1) is 5.69 Å². The molecule has 0 bridgehead atoms. The van der Waals surface area contributed by atoms with Crippen molar-refractivity contribution in [3.8, 4) is 0 Å². The molecule has 0 unspecified atom stereocenters. The molecule has 0 saturated carbocycles. The van der Waals surface area contributed by atoms with Crippen molar-refractivity contribution in [2.75, 3.05) is 13.6 Å². The van der Waals surface area contributed by atoms with Crippen LogP contribution in [0.25, 0.3) is 0 Å². The van der Waals surface area contributed by atoms with Crippen molar-refractivity contribution in [2.24, 2.45) is 4.99 Å². The number of nitrogens with zero attached hydrogens (tertiary/aromatic N) is 2. The molecule has 136 valence electrons. The summed E-state index contributed by atoms with van der Waals surface area (Å²) < 4.78 is 20.0. The minimum Gasteiger partial charge on any atom is -0.361 e. The molecule has 0 amide bonds. The molecular formula is C18H24BrFN4O. The standard InChI is InChI=1S/C18H24BrFN4O/c1-4-16-14(17(5-2)25-24-16)11-23-18(21-3)22-9-8-12-10-13(19)6-7-15(12)20/h6-7,10H,4-5,8-9,11H2,1-3H3,(H2,21,22,23). The zero-order chi connectivity index (χ0) is 18.2. The summed E-state index contributed by atoms with van der Waals surface area (Å²) in [6.45, 7) is 5.28. The Balaban J connectivity index is 1.89. The summed E-state index contributed by atoms with van der Waals surface area (Å²) >= 11 is 3.37. The number of aromatic nitrogens is 1. The van der Waals surface area contributed by atoms with Crippen LogP contribution in [0.4, 0.5) is 4.39 Å².